The molecule has 118 valence electrons. The molecule has 2 saturated carbocycles. The summed E-state index contributed by atoms with van der Waals surface area (Å²) in [6.07, 6.45) is 5.34. The van der Waals surface area contributed by atoms with Gasteiger partial charge >= 0.3 is 0 Å². The quantitative estimate of drug-likeness (QED) is 0.837. The normalized spacial score (nSPS) is 32.5. The Bertz CT molecular complexity index is 416. The van der Waals surface area contributed by atoms with Crippen molar-refractivity contribution in [1.82, 2.24) is 9.80 Å². The van der Waals surface area contributed by atoms with Crippen LogP contribution in [0.25, 0.3) is 0 Å². The Labute approximate surface area is 126 Å². The van der Waals surface area contributed by atoms with Gasteiger partial charge in [0.05, 0.1) is 12.0 Å². The van der Waals surface area contributed by atoms with Crippen LogP contribution in [0.4, 0.5) is 0 Å². The van der Waals surface area contributed by atoms with E-state index in [2.05, 4.69) is 0 Å². The van der Waals surface area contributed by atoms with Crippen molar-refractivity contribution in [1.29, 1.82) is 0 Å². The van der Waals surface area contributed by atoms with Crippen LogP contribution in [0.2, 0.25) is 0 Å². The van der Waals surface area contributed by atoms with Crippen LogP contribution in [0.1, 0.15) is 38.5 Å². The van der Waals surface area contributed by atoms with Gasteiger partial charge in [-0.2, -0.15) is 0 Å². The number of aliphatic hydroxyl groups is 1. The molecule has 1 atom stereocenters. The predicted octanol–water partition coefficient (Wildman–Crippen LogP) is 0.864. The molecular formula is C16H26N2O3. The lowest BCUT2D eigenvalue weighted by molar-refractivity contribution is -0.141. The molecule has 5 heteroatoms. The number of carbonyl (C=O) groups excluding carboxylic acids is 2. The molecule has 3 rings (SSSR count). The van der Waals surface area contributed by atoms with Crippen LogP contribution in [0.5, 0.6) is 0 Å². The summed E-state index contributed by atoms with van der Waals surface area (Å²) in [5.41, 5.74) is 0. The smallest absolute Gasteiger partial charge is 0.227 e. The molecule has 0 bridgehead atoms. The van der Waals surface area contributed by atoms with Gasteiger partial charge < -0.3 is 14.9 Å². The number of likely N-dealkylation sites (tertiary alicyclic amines) is 1. The Balaban J connectivity index is 1.50. The van der Waals surface area contributed by atoms with Crippen LogP contribution < -0.4 is 0 Å². The van der Waals surface area contributed by atoms with Gasteiger partial charge in [-0.15, -0.1) is 0 Å². The van der Waals surface area contributed by atoms with Gasteiger partial charge in [0.25, 0.3) is 0 Å². The number of carbonyl (C=O) groups is 2. The molecule has 1 heterocycles. The van der Waals surface area contributed by atoms with Gasteiger partial charge in [-0.3, -0.25) is 9.59 Å². The molecule has 1 unspecified atom stereocenters. The second kappa shape index (κ2) is 5.95. The Morgan fingerprint density at radius 2 is 1.90 bits per heavy atom. The minimum Gasteiger partial charge on any atom is -0.393 e. The zero-order valence-corrected chi connectivity index (χ0v) is 12.8. The summed E-state index contributed by atoms with van der Waals surface area (Å²) in [7, 11) is 1.86. The van der Waals surface area contributed by atoms with Crippen LogP contribution in [0.15, 0.2) is 0 Å². The molecular weight excluding hydrogens is 268 g/mol. The maximum absolute atomic E-state index is 12.5. The predicted molar refractivity (Wildman–Crippen MR) is 78.4 cm³/mol. The van der Waals surface area contributed by atoms with Crippen LogP contribution in [-0.2, 0) is 9.59 Å². The first-order valence-electron chi connectivity index (χ1n) is 8.26. The molecule has 0 aromatic carbocycles. The molecule has 0 spiro atoms. The van der Waals surface area contributed by atoms with E-state index in [1.54, 1.807) is 0 Å². The number of hydrogen-bond acceptors (Lipinski definition) is 3. The zero-order valence-electron chi connectivity index (χ0n) is 12.8. The van der Waals surface area contributed by atoms with Crippen LogP contribution >= 0.6 is 0 Å². The van der Waals surface area contributed by atoms with Crippen molar-refractivity contribution in [3.63, 3.8) is 0 Å². The first-order chi connectivity index (χ1) is 10.0. The lowest BCUT2D eigenvalue weighted by Gasteiger charge is -2.37. The largest absolute Gasteiger partial charge is 0.393 e. The van der Waals surface area contributed by atoms with E-state index < -0.39 is 0 Å². The van der Waals surface area contributed by atoms with Crippen molar-refractivity contribution in [2.45, 2.75) is 44.6 Å². The Kier molecular flexibility index (Phi) is 4.20. The fourth-order valence-electron chi connectivity index (χ4n) is 3.61. The number of rotatable bonds is 4. The monoisotopic (exact) mass is 294 g/mol. The summed E-state index contributed by atoms with van der Waals surface area (Å²) in [5.74, 6) is 1.09. The Morgan fingerprint density at radius 1 is 1.19 bits per heavy atom. The zero-order chi connectivity index (χ0) is 15.0. The van der Waals surface area contributed by atoms with Crippen molar-refractivity contribution in [3.05, 3.63) is 0 Å². The van der Waals surface area contributed by atoms with Gasteiger partial charge in [0.2, 0.25) is 11.8 Å². The third-order valence-corrected chi connectivity index (χ3v) is 5.13. The summed E-state index contributed by atoms with van der Waals surface area (Å²) in [6.45, 7) is 2.16. The lowest BCUT2D eigenvalue weighted by Crippen LogP contribution is -2.48. The van der Waals surface area contributed by atoms with E-state index in [4.69, 9.17) is 0 Å². The Hall–Kier alpha value is -1.10. The Morgan fingerprint density at radius 3 is 2.52 bits per heavy atom. The topological polar surface area (TPSA) is 60.9 Å². The molecule has 1 N–H and O–H groups in total. The molecule has 2 amide bonds. The molecule has 0 aromatic rings. The highest BCUT2D eigenvalue weighted by Crippen LogP contribution is 2.33. The fraction of sp³-hybridized carbons (Fsp3) is 0.875. The van der Waals surface area contributed by atoms with Crippen molar-refractivity contribution < 1.29 is 14.7 Å². The van der Waals surface area contributed by atoms with E-state index in [1.165, 1.54) is 0 Å². The molecule has 0 radical (unpaired) electrons. The number of hydrogen-bond donors (Lipinski definition) is 1. The third kappa shape index (κ3) is 3.39. The summed E-state index contributed by atoms with van der Waals surface area (Å²) >= 11 is 0. The van der Waals surface area contributed by atoms with E-state index in [-0.39, 0.29) is 29.8 Å². The number of aliphatic hydroxyl groups excluding tert-OH is 1. The van der Waals surface area contributed by atoms with E-state index >= 15 is 0 Å². The fourth-order valence-corrected chi connectivity index (χ4v) is 3.61. The van der Waals surface area contributed by atoms with Crippen LogP contribution in [0, 0.1) is 17.8 Å². The van der Waals surface area contributed by atoms with Crippen molar-refractivity contribution >= 4 is 11.8 Å². The number of nitrogens with zero attached hydrogens (tertiary/aromatic N) is 2. The first kappa shape index (κ1) is 14.8. The van der Waals surface area contributed by atoms with Gasteiger partial charge in [0, 0.05) is 32.6 Å². The minimum absolute atomic E-state index is 0.0311. The second-order valence-electron chi connectivity index (χ2n) is 7.11. The average Bonchev–Trinajstić information content (AvgIpc) is 3.28. The van der Waals surface area contributed by atoms with Crippen molar-refractivity contribution in [2.75, 3.05) is 26.7 Å². The third-order valence-electron chi connectivity index (χ3n) is 5.13. The molecule has 0 aromatic heterocycles. The molecule has 1 saturated heterocycles. The number of amides is 2. The average molecular weight is 294 g/mol. The molecule has 3 aliphatic rings. The molecule has 3 fully saturated rings. The van der Waals surface area contributed by atoms with E-state index in [1.807, 2.05) is 16.8 Å². The second-order valence-corrected chi connectivity index (χ2v) is 7.11. The van der Waals surface area contributed by atoms with Crippen molar-refractivity contribution in [2.24, 2.45) is 17.8 Å². The van der Waals surface area contributed by atoms with Crippen LogP contribution in [-0.4, -0.2) is 59.5 Å². The summed E-state index contributed by atoms with van der Waals surface area (Å²) in [5, 5.41) is 9.32. The maximum Gasteiger partial charge on any atom is 0.227 e. The summed E-state index contributed by atoms with van der Waals surface area (Å²) in [4.78, 5) is 28.4. The summed E-state index contributed by atoms with van der Waals surface area (Å²) < 4.78 is 0. The number of piperidine rings is 1. The molecule has 5 nitrogen and oxygen atoms in total. The maximum atomic E-state index is 12.5. The lowest BCUT2D eigenvalue weighted by atomic mass is 9.82. The standard InChI is InChI=1S/C16H26N2O3/c1-17(9-11-7-14(19)8-11)15(20)13-3-2-6-18(10-13)16(21)12-4-5-12/h11-14,19H,2-10H2,1H3. The highest BCUT2D eigenvalue weighted by molar-refractivity contribution is 5.83. The van der Waals surface area contributed by atoms with Crippen molar-refractivity contribution in [3.8, 4) is 0 Å². The van der Waals surface area contributed by atoms with Gasteiger partial charge in [-0.05, 0) is 44.4 Å². The van der Waals surface area contributed by atoms with Gasteiger partial charge in [-0.1, -0.05) is 0 Å². The summed E-state index contributed by atoms with van der Waals surface area (Å²) in [6, 6.07) is 0. The van der Waals surface area contributed by atoms with Gasteiger partial charge in [-0.25, -0.2) is 0 Å². The molecule has 21 heavy (non-hydrogen) atoms. The highest BCUT2D eigenvalue weighted by atomic mass is 16.3. The minimum atomic E-state index is -0.167. The van der Waals surface area contributed by atoms with Gasteiger partial charge in [0.1, 0.15) is 0 Å². The molecule has 2 aliphatic carbocycles. The van der Waals surface area contributed by atoms with E-state index in [0.717, 1.165) is 51.6 Å². The van der Waals surface area contributed by atoms with Crippen LogP contribution in [0.3, 0.4) is 0 Å². The van der Waals surface area contributed by atoms with E-state index in [9.17, 15) is 14.7 Å². The SMILES string of the molecule is CN(CC1CC(O)C1)C(=O)C1CCCN(C(=O)C2CC2)C1. The highest BCUT2D eigenvalue weighted by Gasteiger charge is 2.38. The van der Waals surface area contributed by atoms with E-state index in [0.29, 0.717) is 12.5 Å². The first-order valence-corrected chi connectivity index (χ1v) is 8.26. The van der Waals surface area contributed by atoms with Gasteiger partial charge in [0.15, 0.2) is 0 Å². The molecule has 1 aliphatic heterocycles.